The van der Waals surface area contributed by atoms with Gasteiger partial charge in [0.2, 0.25) is 0 Å². The van der Waals surface area contributed by atoms with Crippen molar-refractivity contribution in [1.29, 1.82) is 0 Å². The fourth-order valence-corrected chi connectivity index (χ4v) is 2.82. The lowest BCUT2D eigenvalue weighted by Crippen LogP contribution is -2.37. The maximum atomic E-state index is 12.3. The van der Waals surface area contributed by atoms with E-state index in [-0.39, 0.29) is 11.9 Å². The lowest BCUT2D eigenvalue weighted by molar-refractivity contribution is 0.0941. The monoisotopic (exact) mass is 365 g/mol. The molecule has 4 heteroatoms. The van der Waals surface area contributed by atoms with Gasteiger partial charge >= 0.3 is 0 Å². The fraction of sp³-hybridized carbons (Fsp3) is 0.235. The number of carbonyl (C=O) groups is 1. The molecule has 0 bridgehead atoms. The number of alkyl halides is 1. The maximum absolute atomic E-state index is 12.3. The highest BCUT2D eigenvalue weighted by Gasteiger charge is 2.15. The molecule has 0 saturated carbocycles. The van der Waals surface area contributed by atoms with Crippen molar-refractivity contribution in [3.8, 4) is 0 Å². The summed E-state index contributed by atoms with van der Waals surface area (Å²) in [4.78, 5) is 12.3. The summed E-state index contributed by atoms with van der Waals surface area (Å²) < 4.78 is 0. The van der Waals surface area contributed by atoms with Gasteiger partial charge in [-0.1, -0.05) is 63.9 Å². The molecule has 2 rings (SSSR count). The van der Waals surface area contributed by atoms with Gasteiger partial charge in [0.1, 0.15) is 0 Å². The van der Waals surface area contributed by atoms with Crippen molar-refractivity contribution < 1.29 is 4.79 Å². The number of rotatable bonds is 5. The Balaban J connectivity index is 2.06. The first kappa shape index (κ1) is 16.1. The van der Waals surface area contributed by atoms with Gasteiger partial charge in [-0.3, -0.25) is 4.79 Å². The molecule has 0 saturated heterocycles. The van der Waals surface area contributed by atoms with Gasteiger partial charge in [-0.25, -0.2) is 0 Å². The highest BCUT2D eigenvalue weighted by molar-refractivity contribution is 9.09. The first-order valence-corrected chi connectivity index (χ1v) is 8.27. The molecule has 0 aliphatic rings. The van der Waals surface area contributed by atoms with Crippen molar-refractivity contribution in [2.45, 2.75) is 19.4 Å². The van der Waals surface area contributed by atoms with Gasteiger partial charge < -0.3 is 5.32 Å². The normalized spacial score (nSPS) is 12.0. The van der Waals surface area contributed by atoms with Crippen LogP contribution in [0.3, 0.4) is 0 Å². The van der Waals surface area contributed by atoms with Gasteiger partial charge in [-0.05, 0) is 36.6 Å². The van der Waals surface area contributed by atoms with Crippen LogP contribution in [0.25, 0.3) is 0 Å². The highest BCUT2D eigenvalue weighted by atomic mass is 79.9. The van der Waals surface area contributed by atoms with Gasteiger partial charge in [0, 0.05) is 11.4 Å². The largest absolute Gasteiger partial charge is 0.348 e. The van der Waals surface area contributed by atoms with Gasteiger partial charge in [0.05, 0.1) is 10.6 Å². The molecule has 2 aromatic carbocycles. The fourth-order valence-electron chi connectivity index (χ4n) is 2.11. The average molecular weight is 367 g/mol. The Hall–Kier alpha value is -1.32. The topological polar surface area (TPSA) is 29.1 Å². The molecule has 110 valence electrons. The van der Waals surface area contributed by atoms with Gasteiger partial charge in [0.15, 0.2) is 0 Å². The van der Waals surface area contributed by atoms with Crippen molar-refractivity contribution >= 4 is 33.4 Å². The van der Waals surface area contributed by atoms with Crippen LogP contribution in [0.1, 0.15) is 21.5 Å². The molecule has 2 aromatic rings. The second-order valence-electron chi connectivity index (χ2n) is 5.00. The van der Waals surface area contributed by atoms with E-state index in [4.69, 9.17) is 11.6 Å². The third-order valence-corrected chi connectivity index (χ3v) is 4.31. The van der Waals surface area contributed by atoms with E-state index in [0.717, 1.165) is 12.0 Å². The van der Waals surface area contributed by atoms with Crippen LogP contribution in [0.4, 0.5) is 0 Å². The number of hydrogen-bond donors (Lipinski definition) is 1. The number of amides is 1. The minimum atomic E-state index is -0.139. The molecule has 21 heavy (non-hydrogen) atoms. The predicted molar refractivity (Wildman–Crippen MR) is 91.4 cm³/mol. The Kier molecular flexibility index (Phi) is 5.83. The molecule has 0 aromatic heterocycles. The zero-order valence-electron chi connectivity index (χ0n) is 11.8. The molecule has 1 N–H and O–H groups in total. The summed E-state index contributed by atoms with van der Waals surface area (Å²) in [6.07, 6.45) is 0.779. The number of hydrogen-bond acceptors (Lipinski definition) is 1. The quantitative estimate of drug-likeness (QED) is 0.782. The predicted octanol–water partition coefficient (Wildman–Crippen LogP) is 4.38. The number of nitrogens with one attached hydrogen (secondary N) is 1. The molecular weight excluding hydrogens is 350 g/mol. The number of carbonyl (C=O) groups excluding carboxylic acids is 1. The second kappa shape index (κ2) is 7.62. The molecule has 0 heterocycles. The van der Waals surface area contributed by atoms with Gasteiger partial charge in [-0.2, -0.15) is 0 Å². The maximum Gasteiger partial charge on any atom is 0.253 e. The summed E-state index contributed by atoms with van der Waals surface area (Å²) in [5.74, 6) is -0.139. The van der Waals surface area contributed by atoms with Crippen LogP contribution in [-0.4, -0.2) is 17.3 Å². The summed E-state index contributed by atoms with van der Waals surface area (Å²) in [5, 5.41) is 4.20. The van der Waals surface area contributed by atoms with Crippen LogP contribution >= 0.6 is 27.5 Å². The van der Waals surface area contributed by atoms with Crippen molar-refractivity contribution in [3.05, 3.63) is 70.2 Å². The van der Waals surface area contributed by atoms with Gasteiger partial charge in [0.25, 0.3) is 5.91 Å². The molecule has 0 aliphatic carbocycles. The molecule has 0 aliphatic heterocycles. The van der Waals surface area contributed by atoms with E-state index in [1.807, 2.05) is 31.2 Å². The number of aryl methyl sites for hydroxylation is 1. The Morgan fingerprint density at radius 1 is 1.24 bits per heavy atom. The molecule has 0 fully saturated rings. The third kappa shape index (κ3) is 4.58. The lowest BCUT2D eigenvalue weighted by Gasteiger charge is -2.17. The SMILES string of the molecule is Cc1ccc(C(=O)NC(CBr)Cc2ccccc2)c(Cl)c1. The van der Waals surface area contributed by atoms with Crippen LogP contribution in [0.5, 0.6) is 0 Å². The van der Waals surface area contributed by atoms with Gasteiger partial charge in [-0.15, -0.1) is 0 Å². The standard InChI is InChI=1S/C17H17BrClNO/c1-12-7-8-15(16(19)9-12)17(21)20-14(11-18)10-13-5-3-2-4-6-13/h2-9,14H,10-11H2,1H3,(H,20,21). The number of halogens is 2. The van der Waals surface area contributed by atoms with Crippen LogP contribution < -0.4 is 5.32 Å². The van der Waals surface area contributed by atoms with Crippen molar-refractivity contribution in [2.24, 2.45) is 0 Å². The van der Waals surface area contributed by atoms with E-state index in [2.05, 4.69) is 33.4 Å². The molecule has 1 amide bonds. The Morgan fingerprint density at radius 2 is 1.95 bits per heavy atom. The summed E-state index contributed by atoms with van der Waals surface area (Å²) in [6, 6.07) is 15.6. The zero-order valence-corrected chi connectivity index (χ0v) is 14.1. The summed E-state index contributed by atoms with van der Waals surface area (Å²) in [5.41, 5.74) is 2.75. The summed E-state index contributed by atoms with van der Waals surface area (Å²) >= 11 is 9.60. The van der Waals surface area contributed by atoms with Crippen LogP contribution in [0.2, 0.25) is 5.02 Å². The first-order chi connectivity index (χ1) is 10.1. The number of benzene rings is 2. The van der Waals surface area contributed by atoms with E-state index in [1.165, 1.54) is 5.56 Å². The van der Waals surface area contributed by atoms with Crippen LogP contribution in [0, 0.1) is 6.92 Å². The summed E-state index contributed by atoms with van der Waals surface area (Å²) in [6.45, 7) is 1.95. The molecular formula is C17H17BrClNO. The van der Waals surface area contributed by atoms with Crippen molar-refractivity contribution in [2.75, 3.05) is 5.33 Å². The summed E-state index contributed by atoms with van der Waals surface area (Å²) in [7, 11) is 0. The van der Waals surface area contributed by atoms with Crippen molar-refractivity contribution in [3.63, 3.8) is 0 Å². The highest BCUT2D eigenvalue weighted by Crippen LogP contribution is 2.18. The Labute approximate surface area is 138 Å². The van der Waals surface area contributed by atoms with Crippen LogP contribution in [-0.2, 0) is 6.42 Å². The van der Waals surface area contributed by atoms with Crippen LogP contribution in [0.15, 0.2) is 48.5 Å². The van der Waals surface area contributed by atoms with E-state index in [0.29, 0.717) is 15.9 Å². The van der Waals surface area contributed by atoms with E-state index >= 15 is 0 Å². The lowest BCUT2D eigenvalue weighted by atomic mass is 10.1. The molecule has 1 atom stereocenters. The Morgan fingerprint density at radius 3 is 2.57 bits per heavy atom. The zero-order chi connectivity index (χ0) is 15.2. The van der Waals surface area contributed by atoms with E-state index in [1.54, 1.807) is 12.1 Å². The average Bonchev–Trinajstić information content (AvgIpc) is 2.47. The third-order valence-electron chi connectivity index (χ3n) is 3.22. The minimum absolute atomic E-state index is 0.0252. The molecule has 0 spiro atoms. The first-order valence-electron chi connectivity index (χ1n) is 6.77. The smallest absolute Gasteiger partial charge is 0.253 e. The minimum Gasteiger partial charge on any atom is -0.348 e. The second-order valence-corrected chi connectivity index (χ2v) is 6.05. The molecule has 1 unspecified atom stereocenters. The molecule has 0 radical (unpaired) electrons. The van der Waals surface area contributed by atoms with Crippen molar-refractivity contribution in [1.82, 2.24) is 5.32 Å². The molecule has 2 nitrogen and oxygen atoms in total. The van der Waals surface area contributed by atoms with E-state index < -0.39 is 0 Å². The Bertz CT molecular complexity index is 615. The van der Waals surface area contributed by atoms with E-state index in [9.17, 15) is 4.79 Å².